The van der Waals surface area contributed by atoms with Gasteiger partial charge in [-0.2, -0.15) is 0 Å². The zero-order valence-corrected chi connectivity index (χ0v) is 4.04. The molecule has 5 heavy (non-hydrogen) atoms. The summed E-state index contributed by atoms with van der Waals surface area (Å²) in [6.07, 6.45) is 0. The Morgan fingerprint density at radius 3 is 2.20 bits per heavy atom. The quantitative estimate of drug-likeness (QED) is 0.414. The summed E-state index contributed by atoms with van der Waals surface area (Å²) >= 11 is 0. The smallest absolute Gasteiger partial charge is 0.0617 e. The van der Waals surface area contributed by atoms with E-state index in [4.69, 9.17) is 10.8 Å². The molecule has 0 spiro atoms. The van der Waals surface area contributed by atoms with E-state index in [0.29, 0.717) is 0 Å². The maximum Gasteiger partial charge on any atom is 0.0617 e. The summed E-state index contributed by atoms with van der Waals surface area (Å²) < 4.78 is 0. The Morgan fingerprint density at radius 2 is 2.20 bits per heavy atom. The van der Waals surface area contributed by atoms with Crippen LogP contribution >= 0.6 is 9.24 Å². The Hall–Kier alpha value is 0.350. The van der Waals surface area contributed by atoms with Gasteiger partial charge < -0.3 is 10.8 Å². The van der Waals surface area contributed by atoms with E-state index in [2.05, 4.69) is 9.24 Å². The summed E-state index contributed by atoms with van der Waals surface area (Å²) in [6, 6.07) is 0. The SMILES string of the molecule is NC(P)CO. The van der Waals surface area contributed by atoms with Crippen LogP contribution in [-0.2, 0) is 0 Å². The van der Waals surface area contributed by atoms with Crippen LogP contribution in [0.2, 0.25) is 0 Å². The first-order chi connectivity index (χ1) is 2.27. The van der Waals surface area contributed by atoms with Gasteiger partial charge in [0.1, 0.15) is 0 Å². The van der Waals surface area contributed by atoms with E-state index in [-0.39, 0.29) is 12.4 Å². The number of rotatable bonds is 1. The maximum atomic E-state index is 8.00. The molecule has 3 heteroatoms. The molecule has 0 rings (SSSR count). The van der Waals surface area contributed by atoms with Crippen molar-refractivity contribution in [1.82, 2.24) is 0 Å². The predicted octanol–water partition coefficient (Wildman–Crippen LogP) is -0.861. The molecule has 0 aromatic carbocycles. The number of nitrogens with two attached hydrogens (primary N) is 1. The van der Waals surface area contributed by atoms with Gasteiger partial charge in [-0.25, -0.2) is 0 Å². The van der Waals surface area contributed by atoms with Crippen LogP contribution in [0.4, 0.5) is 0 Å². The molecule has 3 N–H and O–H groups in total. The molecule has 0 bridgehead atoms. The normalized spacial score (nSPS) is 15.0. The van der Waals surface area contributed by atoms with E-state index in [9.17, 15) is 0 Å². The molecular weight excluding hydrogens is 85.0 g/mol. The van der Waals surface area contributed by atoms with Gasteiger partial charge in [-0.1, -0.05) is 0 Å². The van der Waals surface area contributed by atoms with Gasteiger partial charge in [0.05, 0.1) is 6.61 Å². The zero-order valence-electron chi connectivity index (χ0n) is 2.89. The molecule has 0 radical (unpaired) electrons. The number of aliphatic hydroxyl groups excluding tert-OH is 1. The van der Waals surface area contributed by atoms with E-state index in [1.54, 1.807) is 0 Å². The van der Waals surface area contributed by atoms with Gasteiger partial charge >= 0.3 is 0 Å². The zero-order chi connectivity index (χ0) is 4.28. The van der Waals surface area contributed by atoms with Crippen LogP contribution in [0.25, 0.3) is 0 Å². The lowest BCUT2D eigenvalue weighted by atomic mass is 10.7. The monoisotopic (exact) mass is 93.0 g/mol. The van der Waals surface area contributed by atoms with E-state index >= 15 is 0 Å². The molecule has 2 nitrogen and oxygen atoms in total. The van der Waals surface area contributed by atoms with Crippen LogP contribution in [0, 0.1) is 0 Å². The topological polar surface area (TPSA) is 46.2 Å². The fourth-order valence-corrected chi connectivity index (χ4v) is 0. The number of hydrogen-bond donors (Lipinski definition) is 2. The van der Waals surface area contributed by atoms with E-state index < -0.39 is 0 Å². The summed E-state index contributed by atoms with van der Waals surface area (Å²) in [5.74, 6) is -0.144. The van der Waals surface area contributed by atoms with Crippen LogP contribution in [0.3, 0.4) is 0 Å². The minimum atomic E-state index is -0.144. The van der Waals surface area contributed by atoms with E-state index in [1.807, 2.05) is 0 Å². The fourth-order valence-electron chi connectivity index (χ4n) is 0. The Bertz CT molecular complexity index is 23.6. The molecule has 0 aromatic heterocycles. The Balaban J connectivity index is 2.54. The Kier molecular flexibility index (Phi) is 2.76. The molecule has 2 atom stereocenters. The first-order valence-electron chi connectivity index (χ1n) is 1.39. The lowest BCUT2D eigenvalue weighted by molar-refractivity contribution is 0.296. The highest BCUT2D eigenvalue weighted by Gasteiger charge is 1.81. The van der Waals surface area contributed by atoms with Gasteiger partial charge in [0.2, 0.25) is 0 Å². The molecule has 0 aliphatic rings. The van der Waals surface area contributed by atoms with Crippen LogP contribution < -0.4 is 5.73 Å². The van der Waals surface area contributed by atoms with Crippen molar-refractivity contribution in [3.63, 3.8) is 0 Å². The van der Waals surface area contributed by atoms with Crippen molar-refractivity contribution in [2.45, 2.75) is 5.78 Å². The van der Waals surface area contributed by atoms with Crippen molar-refractivity contribution in [3.05, 3.63) is 0 Å². The molecule has 0 heterocycles. The average molecular weight is 93.1 g/mol. The average Bonchev–Trinajstić information content (AvgIpc) is 1.38. The van der Waals surface area contributed by atoms with Crippen molar-refractivity contribution in [1.29, 1.82) is 0 Å². The maximum absolute atomic E-state index is 8.00. The standard InChI is InChI=1S/C2H8NOP/c3-2(5)1-4/h2,4H,1,3,5H2. The summed E-state index contributed by atoms with van der Waals surface area (Å²) in [4.78, 5) is 0. The van der Waals surface area contributed by atoms with Crippen LogP contribution in [0.15, 0.2) is 0 Å². The highest BCUT2D eigenvalue weighted by atomic mass is 31.0. The molecule has 0 aliphatic heterocycles. The number of hydrogen-bond acceptors (Lipinski definition) is 2. The molecule has 32 valence electrons. The predicted molar refractivity (Wildman–Crippen MR) is 24.8 cm³/mol. The summed E-state index contributed by atoms with van der Waals surface area (Å²) in [5, 5.41) is 8.00. The summed E-state index contributed by atoms with van der Waals surface area (Å²) in [5.41, 5.74) is 5.00. The van der Waals surface area contributed by atoms with Gasteiger partial charge in [-0.15, -0.1) is 9.24 Å². The van der Waals surface area contributed by atoms with Gasteiger partial charge in [0.15, 0.2) is 0 Å². The molecule has 0 saturated heterocycles. The van der Waals surface area contributed by atoms with Crippen molar-refractivity contribution in [2.24, 2.45) is 5.73 Å². The summed E-state index contributed by atoms with van der Waals surface area (Å²) in [7, 11) is 2.26. The van der Waals surface area contributed by atoms with E-state index in [1.165, 1.54) is 0 Å². The Labute approximate surface area is 33.6 Å². The van der Waals surface area contributed by atoms with Crippen LogP contribution in [0.1, 0.15) is 0 Å². The second-order valence-corrected chi connectivity index (χ2v) is 1.70. The number of aliphatic hydroxyl groups is 1. The minimum Gasteiger partial charge on any atom is -0.394 e. The molecule has 2 unspecified atom stereocenters. The largest absolute Gasteiger partial charge is 0.394 e. The second kappa shape index (κ2) is 2.58. The highest BCUT2D eigenvalue weighted by Crippen LogP contribution is 1.83. The van der Waals surface area contributed by atoms with Gasteiger partial charge in [-0.3, -0.25) is 0 Å². The second-order valence-electron chi connectivity index (χ2n) is 0.846. The Morgan fingerprint density at radius 1 is 2.00 bits per heavy atom. The lowest BCUT2D eigenvalue weighted by Gasteiger charge is -1.91. The van der Waals surface area contributed by atoms with Crippen LogP contribution in [0.5, 0.6) is 0 Å². The third-order valence-electron chi connectivity index (χ3n) is 0.211. The molecule has 0 saturated carbocycles. The van der Waals surface area contributed by atoms with Gasteiger partial charge in [-0.05, 0) is 0 Å². The first-order valence-corrected chi connectivity index (χ1v) is 2.06. The molecule has 0 aromatic rings. The molecule has 0 aliphatic carbocycles. The van der Waals surface area contributed by atoms with Crippen LogP contribution in [-0.4, -0.2) is 17.5 Å². The molecule has 0 amide bonds. The third kappa shape index (κ3) is 4.35. The minimum absolute atomic E-state index is 0.0463. The lowest BCUT2D eigenvalue weighted by Crippen LogP contribution is -2.14. The van der Waals surface area contributed by atoms with Crippen molar-refractivity contribution in [2.75, 3.05) is 6.61 Å². The molecule has 0 fully saturated rings. The highest BCUT2D eigenvalue weighted by molar-refractivity contribution is 7.17. The fraction of sp³-hybridized carbons (Fsp3) is 1.00. The van der Waals surface area contributed by atoms with Gasteiger partial charge in [0.25, 0.3) is 0 Å². The molecular formula is C2H8NOP. The van der Waals surface area contributed by atoms with Crippen molar-refractivity contribution in [3.8, 4) is 0 Å². The van der Waals surface area contributed by atoms with E-state index in [0.717, 1.165) is 0 Å². The van der Waals surface area contributed by atoms with Crippen molar-refractivity contribution >= 4 is 9.24 Å². The third-order valence-corrected chi connectivity index (χ3v) is 0.422. The van der Waals surface area contributed by atoms with Gasteiger partial charge in [0, 0.05) is 5.78 Å². The van der Waals surface area contributed by atoms with Crippen molar-refractivity contribution < 1.29 is 5.11 Å². The summed E-state index contributed by atoms with van der Waals surface area (Å²) in [6.45, 7) is 0.0463. The first kappa shape index (κ1) is 5.35.